The number of hydrogen-bond donors (Lipinski definition) is 3. The zero-order valence-corrected chi connectivity index (χ0v) is 9.23. The molecule has 0 atom stereocenters. The molecular weight excluding hydrogens is 233 g/mol. The van der Waals surface area contributed by atoms with E-state index in [2.05, 4.69) is 17.5 Å². The predicted octanol–water partition coefficient (Wildman–Crippen LogP) is 0.589. The van der Waals surface area contributed by atoms with Gasteiger partial charge in [-0.15, -0.1) is 0 Å². The summed E-state index contributed by atoms with van der Waals surface area (Å²) in [6.45, 7) is 0. The lowest BCUT2D eigenvalue weighted by atomic mass is 10.1. The molecule has 5 nitrogen and oxygen atoms in total. The number of anilines is 1. The third-order valence-corrected chi connectivity index (χ3v) is 1.89. The van der Waals surface area contributed by atoms with E-state index in [0.717, 1.165) is 6.07 Å². The highest BCUT2D eigenvalue weighted by molar-refractivity contribution is 7.80. The molecule has 16 heavy (non-hydrogen) atoms. The highest BCUT2D eigenvalue weighted by Gasteiger charge is 2.14. The van der Waals surface area contributed by atoms with E-state index in [0.29, 0.717) is 0 Å². The Morgan fingerprint density at radius 1 is 1.50 bits per heavy atom. The zero-order valence-electron chi connectivity index (χ0n) is 8.41. The standard InChI is InChI=1S/C9H10FN3O2S/c1-15-7-5(10)2-4(8(11)14)3-6(7)13-9(12)16/h2-3H,1H3,(H2,11,14)(H3,12,13,16). The second kappa shape index (κ2) is 4.75. The van der Waals surface area contributed by atoms with Crippen LogP contribution in [0.1, 0.15) is 10.4 Å². The summed E-state index contributed by atoms with van der Waals surface area (Å²) in [5, 5.41) is 2.43. The highest BCUT2D eigenvalue weighted by Crippen LogP contribution is 2.29. The van der Waals surface area contributed by atoms with Crippen molar-refractivity contribution in [3.05, 3.63) is 23.5 Å². The molecule has 0 aliphatic rings. The smallest absolute Gasteiger partial charge is 0.248 e. The Balaban J connectivity index is 3.30. The molecule has 0 radical (unpaired) electrons. The summed E-state index contributed by atoms with van der Waals surface area (Å²) in [4.78, 5) is 10.9. The van der Waals surface area contributed by atoms with Gasteiger partial charge in [-0.1, -0.05) is 0 Å². The maximum atomic E-state index is 13.5. The van der Waals surface area contributed by atoms with Gasteiger partial charge in [0.1, 0.15) is 0 Å². The van der Waals surface area contributed by atoms with E-state index in [-0.39, 0.29) is 22.1 Å². The average molecular weight is 243 g/mol. The molecule has 0 saturated carbocycles. The molecular formula is C9H10FN3O2S. The number of halogens is 1. The van der Waals surface area contributed by atoms with E-state index in [1.165, 1.54) is 13.2 Å². The minimum atomic E-state index is -0.757. The van der Waals surface area contributed by atoms with Crippen molar-refractivity contribution in [1.29, 1.82) is 0 Å². The quantitative estimate of drug-likeness (QED) is 0.676. The molecule has 5 N–H and O–H groups in total. The summed E-state index contributed by atoms with van der Waals surface area (Å²) in [6, 6.07) is 2.29. The van der Waals surface area contributed by atoms with Crippen LogP contribution >= 0.6 is 12.2 Å². The fourth-order valence-corrected chi connectivity index (χ4v) is 1.28. The summed E-state index contributed by atoms with van der Waals surface area (Å²) >= 11 is 4.61. The largest absolute Gasteiger partial charge is 0.492 e. The molecule has 1 rings (SSSR count). The molecule has 0 bridgehead atoms. The van der Waals surface area contributed by atoms with Crippen LogP contribution in [-0.2, 0) is 0 Å². The van der Waals surface area contributed by atoms with Crippen molar-refractivity contribution in [2.75, 3.05) is 12.4 Å². The van der Waals surface area contributed by atoms with Gasteiger partial charge in [0.05, 0.1) is 12.8 Å². The van der Waals surface area contributed by atoms with E-state index >= 15 is 0 Å². The van der Waals surface area contributed by atoms with Gasteiger partial charge in [-0.25, -0.2) is 4.39 Å². The number of rotatable bonds is 3. The first kappa shape index (κ1) is 12.2. The fourth-order valence-electron chi connectivity index (χ4n) is 1.17. The third-order valence-electron chi connectivity index (χ3n) is 1.79. The first-order chi connectivity index (χ1) is 7.45. The first-order valence-corrected chi connectivity index (χ1v) is 4.60. The minimum absolute atomic E-state index is 0.00273. The Bertz CT molecular complexity index is 451. The van der Waals surface area contributed by atoms with Gasteiger partial charge in [0.2, 0.25) is 5.91 Å². The maximum Gasteiger partial charge on any atom is 0.248 e. The lowest BCUT2D eigenvalue weighted by Crippen LogP contribution is -2.20. The number of ether oxygens (including phenoxy) is 1. The molecule has 1 aromatic rings. The van der Waals surface area contributed by atoms with Gasteiger partial charge < -0.3 is 21.5 Å². The third kappa shape index (κ3) is 2.57. The van der Waals surface area contributed by atoms with Gasteiger partial charge in [-0.2, -0.15) is 0 Å². The normalized spacial score (nSPS) is 9.62. The Morgan fingerprint density at radius 3 is 2.56 bits per heavy atom. The van der Waals surface area contributed by atoms with Crippen molar-refractivity contribution >= 4 is 28.9 Å². The molecule has 0 aliphatic heterocycles. The summed E-state index contributed by atoms with van der Waals surface area (Å²) in [5.74, 6) is -1.57. The van der Waals surface area contributed by atoms with Crippen LogP contribution in [-0.4, -0.2) is 18.1 Å². The Hall–Kier alpha value is -1.89. The Kier molecular flexibility index (Phi) is 3.62. The van der Waals surface area contributed by atoms with Crippen molar-refractivity contribution in [1.82, 2.24) is 0 Å². The van der Waals surface area contributed by atoms with Crippen molar-refractivity contribution in [3.8, 4) is 5.75 Å². The lowest BCUT2D eigenvalue weighted by Gasteiger charge is -2.11. The molecule has 0 saturated heterocycles. The average Bonchev–Trinajstić information content (AvgIpc) is 2.16. The van der Waals surface area contributed by atoms with E-state index in [4.69, 9.17) is 16.2 Å². The van der Waals surface area contributed by atoms with Gasteiger partial charge in [-0.05, 0) is 24.4 Å². The van der Waals surface area contributed by atoms with Crippen LogP contribution in [0.3, 0.4) is 0 Å². The van der Waals surface area contributed by atoms with Crippen LogP contribution in [0.15, 0.2) is 12.1 Å². The van der Waals surface area contributed by atoms with Crippen molar-refractivity contribution < 1.29 is 13.9 Å². The first-order valence-electron chi connectivity index (χ1n) is 4.19. The van der Waals surface area contributed by atoms with E-state index in [1.54, 1.807) is 0 Å². The number of carbonyl (C=O) groups excluding carboxylic acids is 1. The number of benzene rings is 1. The molecule has 0 unspecified atom stereocenters. The molecule has 1 aromatic carbocycles. The highest BCUT2D eigenvalue weighted by atomic mass is 32.1. The van der Waals surface area contributed by atoms with E-state index in [9.17, 15) is 9.18 Å². The van der Waals surface area contributed by atoms with Crippen LogP contribution in [0, 0.1) is 5.82 Å². The minimum Gasteiger partial charge on any atom is -0.492 e. The van der Waals surface area contributed by atoms with Crippen LogP contribution in [0.5, 0.6) is 5.75 Å². The number of thiocarbonyl (C=S) groups is 1. The number of hydrogen-bond acceptors (Lipinski definition) is 3. The van der Waals surface area contributed by atoms with Gasteiger partial charge in [0, 0.05) is 5.56 Å². The van der Waals surface area contributed by atoms with E-state index < -0.39 is 11.7 Å². The summed E-state index contributed by atoms with van der Waals surface area (Å²) < 4.78 is 18.3. The summed E-state index contributed by atoms with van der Waals surface area (Å²) in [5.41, 5.74) is 10.4. The number of methoxy groups -OCH3 is 1. The van der Waals surface area contributed by atoms with Gasteiger partial charge in [-0.3, -0.25) is 4.79 Å². The van der Waals surface area contributed by atoms with Gasteiger partial charge in [0.15, 0.2) is 16.7 Å². The van der Waals surface area contributed by atoms with Crippen molar-refractivity contribution in [2.45, 2.75) is 0 Å². The number of nitrogens with two attached hydrogens (primary N) is 2. The Morgan fingerprint density at radius 2 is 2.12 bits per heavy atom. The second-order valence-electron chi connectivity index (χ2n) is 2.89. The molecule has 1 amide bonds. The molecule has 0 fully saturated rings. The number of carbonyl (C=O) groups is 1. The van der Waals surface area contributed by atoms with Crippen molar-refractivity contribution in [3.63, 3.8) is 0 Å². The second-order valence-corrected chi connectivity index (χ2v) is 3.33. The summed E-state index contributed by atoms with van der Waals surface area (Å²) in [7, 11) is 1.28. The van der Waals surface area contributed by atoms with E-state index in [1.807, 2.05) is 0 Å². The molecule has 0 aliphatic carbocycles. The molecule has 0 aromatic heterocycles. The van der Waals surface area contributed by atoms with Crippen LogP contribution < -0.4 is 21.5 Å². The monoisotopic (exact) mass is 243 g/mol. The van der Waals surface area contributed by atoms with Gasteiger partial charge in [0.25, 0.3) is 0 Å². The number of primary amides is 1. The summed E-state index contributed by atoms with van der Waals surface area (Å²) in [6.07, 6.45) is 0. The van der Waals surface area contributed by atoms with Gasteiger partial charge >= 0.3 is 0 Å². The predicted molar refractivity (Wildman–Crippen MR) is 61.9 cm³/mol. The SMILES string of the molecule is COc1c(F)cc(C(N)=O)cc1NC(N)=S. The Labute approximate surface area is 96.6 Å². The molecule has 7 heteroatoms. The van der Waals surface area contributed by atoms with Crippen molar-refractivity contribution in [2.24, 2.45) is 11.5 Å². The lowest BCUT2D eigenvalue weighted by molar-refractivity contribution is 0.1000. The molecule has 86 valence electrons. The van der Waals surface area contributed by atoms with Crippen LogP contribution in [0.25, 0.3) is 0 Å². The van der Waals surface area contributed by atoms with Crippen LogP contribution in [0.4, 0.5) is 10.1 Å². The molecule has 0 spiro atoms. The zero-order chi connectivity index (χ0) is 12.3. The number of amides is 1. The number of nitrogens with one attached hydrogen (secondary N) is 1. The maximum absolute atomic E-state index is 13.5. The molecule has 0 heterocycles. The topological polar surface area (TPSA) is 90.4 Å². The van der Waals surface area contributed by atoms with Crippen LogP contribution in [0.2, 0.25) is 0 Å². The fraction of sp³-hybridized carbons (Fsp3) is 0.111.